The zero-order chi connectivity index (χ0) is 7.56. The topological polar surface area (TPSA) is 39.2 Å². The molecule has 2 N–H and O–H groups in total. The number of nitrogens with two attached hydrogens (primary N) is 1. The second-order valence-corrected chi connectivity index (χ2v) is 2.34. The molecule has 1 unspecified atom stereocenters. The molecule has 0 aliphatic carbocycles. The van der Waals surface area contributed by atoms with Crippen LogP contribution < -0.4 is 5.73 Å². The van der Waals surface area contributed by atoms with Gasteiger partial charge < -0.3 is 10.2 Å². The molecule has 2 heteroatoms. The maximum absolute atomic E-state index is 5.69. The van der Waals surface area contributed by atoms with E-state index in [1.807, 2.05) is 19.1 Å². The lowest BCUT2D eigenvalue weighted by molar-refractivity contribution is 0.487. The summed E-state index contributed by atoms with van der Waals surface area (Å²) >= 11 is 0. The summed E-state index contributed by atoms with van der Waals surface area (Å²) in [5.74, 6) is 0.771. The molecule has 0 radical (unpaired) electrons. The van der Waals surface area contributed by atoms with Gasteiger partial charge in [-0.2, -0.15) is 0 Å². The first kappa shape index (κ1) is 7.09. The summed E-state index contributed by atoms with van der Waals surface area (Å²) in [5, 5.41) is 0. The minimum absolute atomic E-state index is 0.157. The van der Waals surface area contributed by atoms with Crippen molar-refractivity contribution in [2.75, 3.05) is 0 Å². The fourth-order valence-electron chi connectivity index (χ4n) is 0.711. The van der Waals surface area contributed by atoms with Crippen LogP contribution in [0.15, 0.2) is 35.0 Å². The van der Waals surface area contributed by atoms with E-state index in [4.69, 9.17) is 10.2 Å². The maximum Gasteiger partial charge on any atom is 0.124 e. The van der Waals surface area contributed by atoms with E-state index in [0.29, 0.717) is 0 Å². The van der Waals surface area contributed by atoms with Crippen molar-refractivity contribution in [1.82, 2.24) is 0 Å². The Morgan fingerprint density at radius 3 is 2.90 bits per heavy atom. The molecule has 1 aromatic heterocycles. The third-order valence-corrected chi connectivity index (χ3v) is 1.38. The SMILES string of the molecule is C=C(C)C(N)c1ccco1. The normalized spacial score (nSPS) is 13.0. The van der Waals surface area contributed by atoms with Crippen LogP contribution in [0.4, 0.5) is 0 Å². The molecule has 54 valence electrons. The van der Waals surface area contributed by atoms with Gasteiger partial charge >= 0.3 is 0 Å². The lowest BCUT2D eigenvalue weighted by Crippen LogP contribution is -2.09. The van der Waals surface area contributed by atoms with Gasteiger partial charge in [0.15, 0.2) is 0 Å². The van der Waals surface area contributed by atoms with Crippen LogP contribution in [0.3, 0.4) is 0 Å². The van der Waals surface area contributed by atoms with Crippen molar-refractivity contribution in [3.8, 4) is 0 Å². The Balaban J connectivity index is 2.77. The third-order valence-electron chi connectivity index (χ3n) is 1.38. The van der Waals surface area contributed by atoms with Crippen LogP contribution in [0.2, 0.25) is 0 Å². The fourth-order valence-corrected chi connectivity index (χ4v) is 0.711. The van der Waals surface area contributed by atoms with Gasteiger partial charge in [-0.1, -0.05) is 12.2 Å². The first-order valence-corrected chi connectivity index (χ1v) is 3.16. The summed E-state index contributed by atoms with van der Waals surface area (Å²) in [7, 11) is 0. The predicted octanol–water partition coefficient (Wildman–Crippen LogP) is 1.86. The van der Waals surface area contributed by atoms with Gasteiger partial charge in [0, 0.05) is 0 Å². The maximum atomic E-state index is 5.69. The van der Waals surface area contributed by atoms with Gasteiger partial charge in [-0.15, -0.1) is 0 Å². The zero-order valence-corrected chi connectivity index (χ0v) is 6.00. The average molecular weight is 137 g/mol. The van der Waals surface area contributed by atoms with Crippen LogP contribution in [0.1, 0.15) is 18.7 Å². The van der Waals surface area contributed by atoms with Crippen molar-refractivity contribution in [2.45, 2.75) is 13.0 Å². The van der Waals surface area contributed by atoms with Crippen molar-refractivity contribution >= 4 is 0 Å². The van der Waals surface area contributed by atoms with Crippen LogP contribution >= 0.6 is 0 Å². The highest BCUT2D eigenvalue weighted by atomic mass is 16.3. The average Bonchev–Trinajstić information content (AvgIpc) is 2.36. The van der Waals surface area contributed by atoms with Crippen molar-refractivity contribution in [3.63, 3.8) is 0 Å². The number of hydrogen-bond donors (Lipinski definition) is 1. The molecule has 1 heterocycles. The zero-order valence-electron chi connectivity index (χ0n) is 6.00. The van der Waals surface area contributed by atoms with Crippen molar-refractivity contribution in [3.05, 3.63) is 36.3 Å². The van der Waals surface area contributed by atoms with Gasteiger partial charge in [0.2, 0.25) is 0 Å². The molecule has 0 saturated heterocycles. The molecular weight excluding hydrogens is 126 g/mol. The standard InChI is InChI=1S/C8H11NO/c1-6(2)8(9)7-4-3-5-10-7/h3-5,8H,1,9H2,2H3. The van der Waals surface area contributed by atoms with Gasteiger partial charge in [-0.3, -0.25) is 0 Å². The van der Waals surface area contributed by atoms with Gasteiger partial charge in [-0.25, -0.2) is 0 Å². The highest BCUT2D eigenvalue weighted by molar-refractivity contribution is 5.14. The summed E-state index contributed by atoms with van der Waals surface area (Å²) < 4.78 is 5.07. The Bertz CT molecular complexity index is 213. The lowest BCUT2D eigenvalue weighted by atomic mass is 10.1. The molecule has 0 saturated carbocycles. The second-order valence-electron chi connectivity index (χ2n) is 2.34. The van der Waals surface area contributed by atoms with E-state index in [1.165, 1.54) is 0 Å². The van der Waals surface area contributed by atoms with Crippen LogP contribution in [-0.4, -0.2) is 0 Å². The molecule has 1 atom stereocenters. The Hall–Kier alpha value is -1.02. The van der Waals surface area contributed by atoms with Gasteiger partial charge in [-0.05, 0) is 19.1 Å². The quantitative estimate of drug-likeness (QED) is 0.632. The molecule has 1 aromatic rings. The van der Waals surface area contributed by atoms with E-state index in [1.54, 1.807) is 6.26 Å². The smallest absolute Gasteiger partial charge is 0.124 e. The van der Waals surface area contributed by atoms with E-state index in [0.717, 1.165) is 11.3 Å². The van der Waals surface area contributed by atoms with Crippen molar-refractivity contribution in [2.24, 2.45) is 5.73 Å². The number of furan rings is 1. The molecule has 0 fully saturated rings. The molecule has 0 amide bonds. The second kappa shape index (κ2) is 2.71. The molecule has 2 nitrogen and oxygen atoms in total. The van der Waals surface area contributed by atoms with E-state index in [9.17, 15) is 0 Å². The van der Waals surface area contributed by atoms with E-state index >= 15 is 0 Å². The highest BCUT2D eigenvalue weighted by Gasteiger charge is 2.07. The van der Waals surface area contributed by atoms with E-state index in [2.05, 4.69) is 6.58 Å². The van der Waals surface area contributed by atoms with Gasteiger partial charge in [0.25, 0.3) is 0 Å². The highest BCUT2D eigenvalue weighted by Crippen LogP contribution is 2.16. The first-order chi connectivity index (χ1) is 4.72. The minimum Gasteiger partial charge on any atom is -0.467 e. The summed E-state index contributed by atoms with van der Waals surface area (Å²) in [6.07, 6.45) is 1.61. The number of rotatable bonds is 2. The summed E-state index contributed by atoms with van der Waals surface area (Å²) in [4.78, 5) is 0. The summed E-state index contributed by atoms with van der Waals surface area (Å²) in [5.41, 5.74) is 6.60. The third kappa shape index (κ3) is 1.28. The Labute approximate surface area is 60.3 Å². The molecule has 1 rings (SSSR count). The van der Waals surface area contributed by atoms with E-state index < -0.39 is 0 Å². The van der Waals surface area contributed by atoms with Crippen LogP contribution in [0.5, 0.6) is 0 Å². The molecule has 10 heavy (non-hydrogen) atoms. The van der Waals surface area contributed by atoms with E-state index in [-0.39, 0.29) is 6.04 Å². The largest absolute Gasteiger partial charge is 0.467 e. The fraction of sp³-hybridized carbons (Fsp3) is 0.250. The lowest BCUT2D eigenvalue weighted by Gasteiger charge is -2.05. The van der Waals surface area contributed by atoms with Gasteiger partial charge in [0.1, 0.15) is 5.76 Å². The Kier molecular flexibility index (Phi) is 1.92. The van der Waals surface area contributed by atoms with Crippen molar-refractivity contribution < 1.29 is 4.42 Å². The van der Waals surface area contributed by atoms with Crippen LogP contribution in [0, 0.1) is 0 Å². The molecule has 0 aliphatic heterocycles. The Morgan fingerprint density at radius 2 is 2.50 bits per heavy atom. The summed E-state index contributed by atoms with van der Waals surface area (Å²) in [6, 6.07) is 3.51. The summed E-state index contributed by atoms with van der Waals surface area (Å²) in [6.45, 7) is 5.61. The van der Waals surface area contributed by atoms with Crippen LogP contribution in [0.25, 0.3) is 0 Å². The number of hydrogen-bond acceptors (Lipinski definition) is 2. The van der Waals surface area contributed by atoms with Crippen LogP contribution in [-0.2, 0) is 0 Å². The van der Waals surface area contributed by atoms with Crippen molar-refractivity contribution in [1.29, 1.82) is 0 Å². The molecule has 0 aromatic carbocycles. The molecular formula is C8H11NO. The molecule has 0 aliphatic rings. The first-order valence-electron chi connectivity index (χ1n) is 3.16. The predicted molar refractivity (Wildman–Crippen MR) is 40.5 cm³/mol. The molecule has 0 spiro atoms. The monoisotopic (exact) mass is 137 g/mol. The Morgan fingerprint density at radius 1 is 1.80 bits per heavy atom. The van der Waals surface area contributed by atoms with Gasteiger partial charge in [0.05, 0.1) is 12.3 Å². The minimum atomic E-state index is -0.157. The molecule has 0 bridgehead atoms.